The van der Waals surface area contributed by atoms with E-state index in [2.05, 4.69) is 0 Å². The van der Waals surface area contributed by atoms with Gasteiger partial charge in [-0.2, -0.15) is 0 Å². The Morgan fingerprint density at radius 2 is 1.78 bits per heavy atom. The molecule has 0 bridgehead atoms. The Balaban J connectivity index is 2.09. The molecule has 0 unspecified atom stereocenters. The van der Waals surface area contributed by atoms with Gasteiger partial charge in [-0.05, 0) is 12.8 Å². The number of ether oxygens (including phenoxy) is 1. The summed E-state index contributed by atoms with van der Waals surface area (Å²) in [4.78, 5) is 37.8. The van der Waals surface area contributed by atoms with Crippen molar-refractivity contribution < 1.29 is 19.1 Å². The van der Waals surface area contributed by atoms with E-state index in [0.29, 0.717) is 0 Å². The Labute approximate surface area is 106 Å². The first kappa shape index (κ1) is 13.0. The average Bonchev–Trinajstić information content (AvgIpc) is 2.60. The molecular formula is C12H18N2O4. The van der Waals surface area contributed by atoms with Crippen LogP contribution < -0.4 is 0 Å². The highest BCUT2D eigenvalue weighted by Crippen LogP contribution is 2.26. The third-order valence-electron chi connectivity index (χ3n) is 3.54. The predicted molar refractivity (Wildman–Crippen MR) is 62.7 cm³/mol. The van der Waals surface area contributed by atoms with Crippen LogP contribution in [0.2, 0.25) is 0 Å². The number of urea groups is 1. The summed E-state index contributed by atoms with van der Waals surface area (Å²) in [5.74, 6) is -1.40. The number of carbonyl (C=O) groups excluding carboxylic acids is 3. The third kappa shape index (κ3) is 2.25. The largest absolute Gasteiger partial charge is 0.383 e. The molecule has 100 valence electrons. The standard InChI is InChI=1S/C12H18N2O4/c1-18-8-7-13-10(15)11(16)14(12(13)17)9-5-3-2-4-6-9/h9H,2-8H2,1H3. The van der Waals surface area contributed by atoms with Crippen LogP contribution >= 0.6 is 0 Å². The van der Waals surface area contributed by atoms with E-state index in [0.717, 1.165) is 41.9 Å². The Hall–Kier alpha value is -1.43. The van der Waals surface area contributed by atoms with Crippen molar-refractivity contribution in [3.8, 4) is 0 Å². The molecule has 1 saturated heterocycles. The van der Waals surface area contributed by atoms with Crippen molar-refractivity contribution in [2.75, 3.05) is 20.3 Å². The van der Waals surface area contributed by atoms with Gasteiger partial charge < -0.3 is 4.74 Å². The van der Waals surface area contributed by atoms with Crippen LogP contribution in [0.3, 0.4) is 0 Å². The molecule has 2 fully saturated rings. The Morgan fingerprint density at radius 1 is 1.11 bits per heavy atom. The molecule has 0 aromatic carbocycles. The number of imide groups is 2. The molecule has 0 N–H and O–H groups in total. The van der Waals surface area contributed by atoms with Gasteiger partial charge in [0.25, 0.3) is 0 Å². The highest BCUT2D eigenvalue weighted by molar-refractivity contribution is 6.44. The second-order valence-electron chi connectivity index (χ2n) is 4.70. The Morgan fingerprint density at radius 3 is 2.39 bits per heavy atom. The van der Waals surface area contributed by atoms with Crippen molar-refractivity contribution in [2.45, 2.75) is 38.1 Å². The first-order chi connectivity index (χ1) is 8.66. The van der Waals surface area contributed by atoms with Crippen LogP contribution in [0.1, 0.15) is 32.1 Å². The maximum atomic E-state index is 12.1. The number of methoxy groups -OCH3 is 1. The first-order valence-corrected chi connectivity index (χ1v) is 6.34. The van der Waals surface area contributed by atoms with E-state index in [-0.39, 0.29) is 19.2 Å². The van der Waals surface area contributed by atoms with Gasteiger partial charge in [-0.25, -0.2) is 4.79 Å². The molecule has 6 heteroatoms. The van der Waals surface area contributed by atoms with E-state index >= 15 is 0 Å². The van der Waals surface area contributed by atoms with Crippen LogP contribution in [0.5, 0.6) is 0 Å². The summed E-state index contributed by atoms with van der Waals surface area (Å²) < 4.78 is 4.84. The second-order valence-corrected chi connectivity index (χ2v) is 4.70. The van der Waals surface area contributed by atoms with Crippen molar-refractivity contribution >= 4 is 17.8 Å². The van der Waals surface area contributed by atoms with Crippen molar-refractivity contribution in [1.29, 1.82) is 0 Å². The van der Waals surface area contributed by atoms with Gasteiger partial charge >= 0.3 is 17.8 Å². The van der Waals surface area contributed by atoms with Gasteiger partial charge in [-0.15, -0.1) is 0 Å². The van der Waals surface area contributed by atoms with E-state index in [1.165, 1.54) is 7.11 Å². The molecule has 18 heavy (non-hydrogen) atoms. The lowest BCUT2D eigenvalue weighted by molar-refractivity contribution is -0.144. The lowest BCUT2D eigenvalue weighted by atomic mass is 9.94. The monoisotopic (exact) mass is 254 g/mol. The molecule has 2 rings (SSSR count). The van der Waals surface area contributed by atoms with Crippen molar-refractivity contribution in [1.82, 2.24) is 9.80 Å². The molecule has 0 atom stereocenters. The van der Waals surface area contributed by atoms with Gasteiger partial charge in [0.2, 0.25) is 0 Å². The van der Waals surface area contributed by atoms with E-state index in [4.69, 9.17) is 4.74 Å². The number of amides is 4. The third-order valence-corrected chi connectivity index (χ3v) is 3.54. The minimum absolute atomic E-state index is 0.102. The summed E-state index contributed by atoms with van der Waals surface area (Å²) in [7, 11) is 1.49. The summed E-state index contributed by atoms with van der Waals surface area (Å²) in [5.41, 5.74) is 0. The van der Waals surface area contributed by atoms with Gasteiger partial charge in [0.05, 0.1) is 13.2 Å². The maximum absolute atomic E-state index is 12.1. The van der Waals surface area contributed by atoms with Crippen molar-refractivity contribution in [3.63, 3.8) is 0 Å². The number of hydrogen-bond donors (Lipinski definition) is 0. The fraction of sp³-hybridized carbons (Fsp3) is 0.750. The zero-order valence-electron chi connectivity index (χ0n) is 10.6. The highest BCUT2D eigenvalue weighted by Gasteiger charge is 2.47. The lowest BCUT2D eigenvalue weighted by Gasteiger charge is -2.28. The number of hydrogen-bond acceptors (Lipinski definition) is 4. The van der Waals surface area contributed by atoms with Crippen molar-refractivity contribution in [2.24, 2.45) is 0 Å². The smallest absolute Gasteiger partial charge is 0.334 e. The average molecular weight is 254 g/mol. The van der Waals surface area contributed by atoms with Crippen molar-refractivity contribution in [3.05, 3.63) is 0 Å². The summed E-state index contributed by atoms with van der Waals surface area (Å²) >= 11 is 0. The molecule has 1 saturated carbocycles. The molecule has 0 spiro atoms. The van der Waals surface area contributed by atoms with E-state index in [1.807, 2.05) is 0 Å². The molecule has 1 heterocycles. The fourth-order valence-corrected chi connectivity index (χ4v) is 2.56. The SMILES string of the molecule is COCCN1C(=O)C(=O)N(C2CCCCC2)C1=O. The van der Waals surface area contributed by atoms with Crippen LogP contribution in [0.4, 0.5) is 4.79 Å². The lowest BCUT2D eigenvalue weighted by Crippen LogP contribution is -2.42. The summed E-state index contributed by atoms with van der Waals surface area (Å²) in [6.07, 6.45) is 4.77. The summed E-state index contributed by atoms with van der Waals surface area (Å²) in [6.45, 7) is 0.395. The summed E-state index contributed by atoms with van der Waals surface area (Å²) in [6, 6.07) is -0.579. The predicted octanol–water partition coefficient (Wildman–Crippen LogP) is 0.756. The van der Waals surface area contributed by atoms with E-state index in [9.17, 15) is 14.4 Å². The van der Waals surface area contributed by atoms with Crippen LogP contribution in [0.25, 0.3) is 0 Å². The van der Waals surface area contributed by atoms with Gasteiger partial charge in [-0.3, -0.25) is 19.4 Å². The zero-order valence-corrected chi connectivity index (χ0v) is 10.6. The number of rotatable bonds is 4. The topological polar surface area (TPSA) is 66.9 Å². The quantitative estimate of drug-likeness (QED) is 0.548. The Kier molecular flexibility index (Phi) is 3.96. The minimum Gasteiger partial charge on any atom is -0.383 e. The van der Waals surface area contributed by atoms with Crippen LogP contribution in [0, 0.1) is 0 Å². The van der Waals surface area contributed by atoms with Gasteiger partial charge in [0.1, 0.15) is 0 Å². The second kappa shape index (κ2) is 5.48. The van der Waals surface area contributed by atoms with E-state index in [1.54, 1.807) is 0 Å². The molecule has 4 amide bonds. The van der Waals surface area contributed by atoms with Gasteiger partial charge in [0, 0.05) is 13.2 Å². The molecule has 0 radical (unpaired) electrons. The van der Waals surface area contributed by atoms with Gasteiger partial charge in [-0.1, -0.05) is 19.3 Å². The summed E-state index contributed by atoms with van der Waals surface area (Å²) in [5, 5.41) is 0. The van der Waals surface area contributed by atoms with Crippen LogP contribution in [0.15, 0.2) is 0 Å². The zero-order chi connectivity index (χ0) is 13.1. The first-order valence-electron chi connectivity index (χ1n) is 6.34. The molecule has 2 aliphatic rings. The minimum atomic E-state index is -0.720. The molecule has 1 aliphatic carbocycles. The Bertz CT molecular complexity index is 363. The number of carbonyl (C=O) groups is 3. The fourth-order valence-electron chi connectivity index (χ4n) is 2.56. The molecular weight excluding hydrogens is 236 g/mol. The molecule has 6 nitrogen and oxygen atoms in total. The molecule has 1 aliphatic heterocycles. The molecule has 0 aromatic rings. The maximum Gasteiger partial charge on any atom is 0.334 e. The van der Waals surface area contributed by atoms with Crippen LogP contribution in [-0.4, -0.2) is 53.9 Å². The number of nitrogens with zero attached hydrogens (tertiary/aromatic N) is 2. The normalized spacial score (nSPS) is 22.2. The van der Waals surface area contributed by atoms with E-state index < -0.39 is 17.8 Å². The molecule has 0 aromatic heterocycles. The highest BCUT2D eigenvalue weighted by atomic mass is 16.5. The van der Waals surface area contributed by atoms with Crippen LogP contribution in [-0.2, 0) is 14.3 Å². The van der Waals surface area contributed by atoms with Gasteiger partial charge in [0.15, 0.2) is 0 Å².